The number of rotatable bonds is 4. The van der Waals surface area contributed by atoms with Gasteiger partial charge in [-0.05, 0) is 26.0 Å². The Labute approximate surface area is 93.2 Å². The number of nitrogens with one attached hydrogen (secondary N) is 1. The van der Waals surface area contributed by atoms with Gasteiger partial charge < -0.3 is 4.90 Å². The van der Waals surface area contributed by atoms with Crippen LogP contribution in [0, 0.1) is 0 Å². The van der Waals surface area contributed by atoms with Gasteiger partial charge in [-0.1, -0.05) is 25.1 Å². The molecule has 3 heteroatoms. The van der Waals surface area contributed by atoms with E-state index < -0.39 is 0 Å². The van der Waals surface area contributed by atoms with E-state index in [0.717, 1.165) is 19.6 Å². The summed E-state index contributed by atoms with van der Waals surface area (Å²) < 4.78 is 0. The summed E-state index contributed by atoms with van der Waals surface area (Å²) in [6, 6.07) is 10.5. The van der Waals surface area contributed by atoms with Gasteiger partial charge in [0, 0.05) is 25.3 Å². The molecule has 1 aromatic carbocycles. The van der Waals surface area contributed by atoms with Crippen molar-refractivity contribution >= 4 is 5.69 Å². The molecule has 0 fully saturated rings. The van der Waals surface area contributed by atoms with Crippen LogP contribution in [0.1, 0.15) is 20.8 Å². The van der Waals surface area contributed by atoms with Gasteiger partial charge in [0.15, 0.2) is 0 Å². The highest BCUT2D eigenvalue weighted by Crippen LogP contribution is 2.11. The van der Waals surface area contributed by atoms with Crippen molar-refractivity contribution in [1.29, 1.82) is 0 Å². The van der Waals surface area contributed by atoms with E-state index in [-0.39, 0.29) is 0 Å². The number of hydrogen-bond acceptors (Lipinski definition) is 3. The molecule has 0 aliphatic heterocycles. The topological polar surface area (TPSA) is 41.3 Å². The molecule has 0 radical (unpaired) electrons. The van der Waals surface area contributed by atoms with E-state index in [0.29, 0.717) is 0 Å². The fraction of sp³-hybridized carbons (Fsp3) is 0.500. The molecule has 0 amide bonds. The first-order chi connectivity index (χ1) is 7.29. The van der Waals surface area contributed by atoms with Crippen LogP contribution in [0.3, 0.4) is 0 Å². The van der Waals surface area contributed by atoms with Crippen LogP contribution in [0.2, 0.25) is 0 Å². The Morgan fingerprint density at radius 1 is 1.07 bits per heavy atom. The van der Waals surface area contributed by atoms with Crippen molar-refractivity contribution < 1.29 is 0 Å². The average molecular weight is 209 g/mol. The quantitative estimate of drug-likeness (QED) is 0.588. The smallest absolute Gasteiger partial charge is 0.0365 e. The average Bonchev–Trinajstić information content (AvgIpc) is 2.32. The molecule has 0 spiro atoms. The van der Waals surface area contributed by atoms with E-state index in [9.17, 15) is 0 Å². The largest absolute Gasteiger partial charge is 0.372 e. The van der Waals surface area contributed by atoms with Gasteiger partial charge in [0.2, 0.25) is 0 Å². The Hall–Kier alpha value is -1.06. The number of anilines is 1. The summed E-state index contributed by atoms with van der Waals surface area (Å²) in [5, 5.41) is 0. The number of nitrogens with two attached hydrogens (primary N) is 1. The van der Waals surface area contributed by atoms with Crippen LogP contribution in [0.25, 0.3) is 0 Å². The van der Waals surface area contributed by atoms with E-state index >= 15 is 0 Å². The van der Waals surface area contributed by atoms with E-state index in [1.54, 1.807) is 0 Å². The third kappa shape index (κ3) is 6.10. The van der Waals surface area contributed by atoms with Crippen molar-refractivity contribution in [1.82, 2.24) is 5.43 Å². The van der Waals surface area contributed by atoms with Gasteiger partial charge in [0.05, 0.1) is 0 Å². The molecule has 1 aromatic rings. The third-order valence-electron chi connectivity index (χ3n) is 2.09. The summed E-state index contributed by atoms with van der Waals surface area (Å²) in [7, 11) is 0. The molecule has 0 unspecified atom stereocenters. The Morgan fingerprint density at radius 3 is 1.87 bits per heavy atom. The molecule has 0 aromatic heterocycles. The Balaban J connectivity index is 0.000000423. The van der Waals surface area contributed by atoms with Crippen LogP contribution in [0.5, 0.6) is 0 Å². The Morgan fingerprint density at radius 2 is 1.53 bits per heavy atom. The predicted octanol–water partition coefficient (Wildman–Crippen LogP) is 2.00. The van der Waals surface area contributed by atoms with Gasteiger partial charge in [0.25, 0.3) is 0 Å². The summed E-state index contributed by atoms with van der Waals surface area (Å²) in [5.74, 6) is 4.78. The fourth-order valence-corrected chi connectivity index (χ4v) is 1.23. The van der Waals surface area contributed by atoms with Crippen molar-refractivity contribution in [3.05, 3.63) is 30.3 Å². The van der Waals surface area contributed by atoms with Crippen molar-refractivity contribution in [3.63, 3.8) is 0 Å². The number of hydrazine groups is 1. The van der Waals surface area contributed by atoms with E-state index in [2.05, 4.69) is 48.4 Å². The molecular formula is C12H23N3. The fourth-order valence-electron chi connectivity index (χ4n) is 1.23. The molecular weight excluding hydrogens is 186 g/mol. The van der Waals surface area contributed by atoms with Gasteiger partial charge in [-0.15, -0.1) is 0 Å². The van der Waals surface area contributed by atoms with Crippen LogP contribution < -0.4 is 16.2 Å². The van der Waals surface area contributed by atoms with Crippen molar-refractivity contribution in [2.45, 2.75) is 20.8 Å². The van der Waals surface area contributed by atoms with Gasteiger partial charge in [0.1, 0.15) is 0 Å². The molecule has 1 rings (SSSR count). The highest BCUT2D eigenvalue weighted by Gasteiger charge is 1.97. The molecule has 0 aliphatic carbocycles. The lowest BCUT2D eigenvalue weighted by Crippen LogP contribution is -2.21. The summed E-state index contributed by atoms with van der Waals surface area (Å²) in [5.41, 5.74) is 3.75. The normalized spacial score (nSPS) is 9.07. The highest BCUT2D eigenvalue weighted by atomic mass is 15.2. The lowest BCUT2D eigenvalue weighted by atomic mass is 10.3. The molecule has 15 heavy (non-hydrogen) atoms. The molecule has 0 atom stereocenters. The van der Waals surface area contributed by atoms with Crippen LogP contribution in [-0.2, 0) is 0 Å². The summed E-state index contributed by atoms with van der Waals surface area (Å²) in [4.78, 5) is 2.33. The van der Waals surface area contributed by atoms with Gasteiger partial charge >= 0.3 is 0 Å². The van der Waals surface area contributed by atoms with Gasteiger partial charge in [-0.25, -0.2) is 0 Å². The molecule has 3 nitrogen and oxygen atoms in total. The lowest BCUT2D eigenvalue weighted by molar-refractivity contribution is 0.781. The SMILES string of the molecule is CCN(CC)c1ccccc1.CCNN. The number of benzene rings is 1. The van der Waals surface area contributed by atoms with Gasteiger partial charge in [-0.2, -0.15) is 0 Å². The molecule has 0 bridgehead atoms. The minimum atomic E-state index is 0.847. The second-order valence-corrected chi connectivity index (χ2v) is 3.07. The van der Waals surface area contributed by atoms with Crippen LogP contribution >= 0.6 is 0 Å². The Bertz CT molecular complexity index is 218. The lowest BCUT2D eigenvalue weighted by Gasteiger charge is -2.20. The van der Waals surface area contributed by atoms with E-state index in [1.807, 2.05) is 13.0 Å². The number of nitrogens with zero attached hydrogens (tertiary/aromatic N) is 1. The predicted molar refractivity (Wildman–Crippen MR) is 67.9 cm³/mol. The first kappa shape index (κ1) is 13.9. The summed E-state index contributed by atoms with van der Waals surface area (Å²) in [6.07, 6.45) is 0. The van der Waals surface area contributed by atoms with Crippen LogP contribution in [0.4, 0.5) is 5.69 Å². The third-order valence-corrected chi connectivity index (χ3v) is 2.09. The van der Waals surface area contributed by atoms with Crippen LogP contribution in [0.15, 0.2) is 30.3 Å². The molecule has 0 aliphatic rings. The molecule has 3 N–H and O–H groups in total. The zero-order valence-electron chi connectivity index (χ0n) is 10.0. The molecule has 86 valence electrons. The maximum absolute atomic E-state index is 4.78. The number of hydrogen-bond donors (Lipinski definition) is 2. The second kappa shape index (κ2) is 9.49. The first-order valence-corrected chi connectivity index (χ1v) is 5.53. The molecule has 0 heterocycles. The maximum Gasteiger partial charge on any atom is 0.0365 e. The monoisotopic (exact) mass is 209 g/mol. The minimum absolute atomic E-state index is 0.847. The standard InChI is InChI=1S/C10H15N.C2H8N2/c1-3-11(4-2)10-8-6-5-7-9-10;1-2-4-3/h5-9H,3-4H2,1-2H3;4H,2-3H2,1H3. The van der Waals surface area contributed by atoms with Crippen molar-refractivity contribution in [3.8, 4) is 0 Å². The van der Waals surface area contributed by atoms with Crippen molar-refractivity contribution in [2.24, 2.45) is 5.84 Å². The zero-order valence-corrected chi connectivity index (χ0v) is 10.0. The number of para-hydroxylation sites is 1. The van der Waals surface area contributed by atoms with Crippen molar-refractivity contribution in [2.75, 3.05) is 24.5 Å². The van der Waals surface area contributed by atoms with E-state index in [4.69, 9.17) is 5.84 Å². The summed E-state index contributed by atoms with van der Waals surface area (Å²) in [6.45, 7) is 9.31. The van der Waals surface area contributed by atoms with Gasteiger partial charge in [-0.3, -0.25) is 11.3 Å². The first-order valence-electron chi connectivity index (χ1n) is 5.53. The zero-order chi connectivity index (χ0) is 11.5. The van der Waals surface area contributed by atoms with E-state index in [1.165, 1.54) is 5.69 Å². The maximum atomic E-state index is 4.78. The Kier molecular flexibility index (Phi) is 8.82. The van der Waals surface area contributed by atoms with Crippen LogP contribution in [-0.4, -0.2) is 19.6 Å². The minimum Gasteiger partial charge on any atom is -0.372 e. The molecule has 0 saturated heterocycles. The highest BCUT2D eigenvalue weighted by molar-refractivity contribution is 5.45. The second-order valence-electron chi connectivity index (χ2n) is 3.07. The summed E-state index contributed by atoms with van der Waals surface area (Å²) >= 11 is 0. The molecule has 0 saturated carbocycles.